The van der Waals surface area contributed by atoms with Crippen LogP contribution in [-0.4, -0.2) is 39.7 Å². The average molecular weight is 272 g/mol. The lowest BCUT2D eigenvalue weighted by molar-refractivity contribution is -0.290. The maximum Gasteiger partial charge on any atom is 0.456 e. The van der Waals surface area contributed by atoms with E-state index in [0.29, 0.717) is 12.4 Å². The van der Waals surface area contributed by atoms with E-state index in [9.17, 15) is 26.7 Å². The topological polar surface area (TPSA) is 72.3 Å². The monoisotopic (exact) mass is 272 g/mol. The molecule has 0 amide bonds. The van der Waals surface area contributed by atoms with Gasteiger partial charge in [0.25, 0.3) is 0 Å². The highest BCUT2D eigenvalue weighted by molar-refractivity contribution is 5.84. The molecule has 0 aliphatic rings. The number of ether oxygens (including phenoxy) is 1. The summed E-state index contributed by atoms with van der Waals surface area (Å²) < 4.78 is 64.2. The highest BCUT2D eigenvalue weighted by Gasteiger charge is 2.58. The van der Waals surface area contributed by atoms with Gasteiger partial charge in [-0.25, -0.2) is 14.8 Å². The van der Waals surface area contributed by atoms with Gasteiger partial charge in [0.15, 0.2) is 12.3 Å². The van der Waals surface area contributed by atoms with Crippen molar-refractivity contribution >= 4 is 5.97 Å². The van der Waals surface area contributed by atoms with Crippen LogP contribution in [0, 0.1) is 0 Å². The van der Waals surface area contributed by atoms with Crippen LogP contribution in [0.25, 0.3) is 0 Å². The minimum atomic E-state index is -5.73. The van der Waals surface area contributed by atoms with Crippen LogP contribution < -0.4 is 4.74 Å². The number of halogens is 5. The molecule has 0 saturated carbocycles. The van der Waals surface area contributed by atoms with Crippen molar-refractivity contribution in [1.29, 1.82) is 0 Å². The van der Waals surface area contributed by atoms with E-state index in [2.05, 4.69) is 14.7 Å². The smallest absolute Gasteiger partial charge is 0.456 e. The molecule has 0 spiro atoms. The van der Waals surface area contributed by atoms with Crippen LogP contribution >= 0.6 is 0 Å². The highest BCUT2D eigenvalue weighted by atomic mass is 19.4. The second kappa shape index (κ2) is 4.70. The summed E-state index contributed by atoms with van der Waals surface area (Å²) in [5.41, 5.74) is -0.495. The number of aromatic carboxylic acids is 1. The first-order valence-corrected chi connectivity index (χ1v) is 4.26. The molecule has 1 aromatic rings. The fraction of sp³-hybridized carbons (Fsp3) is 0.375. The summed E-state index contributed by atoms with van der Waals surface area (Å²) >= 11 is 0. The molecule has 18 heavy (non-hydrogen) atoms. The number of hydrogen-bond donors (Lipinski definition) is 1. The van der Waals surface area contributed by atoms with Gasteiger partial charge in [0.1, 0.15) is 0 Å². The fourth-order valence-corrected chi connectivity index (χ4v) is 0.748. The normalized spacial score (nSPS) is 12.3. The van der Waals surface area contributed by atoms with Crippen LogP contribution in [-0.2, 0) is 0 Å². The summed E-state index contributed by atoms with van der Waals surface area (Å²) in [7, 11) is 0. The summed E-state index contributed by atoms with van der Waals surface area (Å²) in [6.45, 7) is -1.96. The molecular formula is C8H5F5N2O3. The zero-order valence-corrected chi connectivity index (χ0v) is 8.41. The van der Waals surface area contributed by atoms with E-state index in [1.165, 1.54) is 0 Å². The van der Waals surface area contributed by atoms with Crippen LogP contribution in [0.15, 0.2) is 12.4 Å². The molecule has 5 nitrogen and oxygen atoms in total. The Morgan fingerprint density at radius 1 is 1.22 bits per heavy atom. The Kier molecular flexibility index (Phi) is 3.67. The van der Waals surface area contributed by atoms with Crippen molar-refractivity contribution in [1.82, 2.24) is 9.97 Å². The number of carbonyl (C=O) groups is 1. The molecule has 0 aliphatic heterocycles. The van der Waals surface area contributed by atoms with Crippen molar-refractivity contribution in [2.45, 2.75) is 12.1 Å². The van der Waals surface area contributed by atoms with Crippen molar-refractivity contribution in [3.63, 3.8) is 0 Å². The zero-order chi connectivity index (χ0) is 14.0. The maximum atomic E-state index is 12.4. The molecule has 1 heterocycles. The molecule has 1 rings (SSSR count). The number of hydrogen-bond acceptors (Lipinski definition) is 4. The molecule has 0 fully saturated rings. The molecule has 0 unspecified atom stereocenters. The Morgan fingerprint density at radius 2 is 1.83 bits per heavy atom. The molecule has 10 heteroatoms. The van der Waals surface area contributed by atoms with Gasteiger partial charge in [-0.15, -0.1) is 0 Å². The van der Waals surface area contributed by atoms with Gasteiger partial charge in [0, 0.05) is 0 Å². The fourth-order valence-electron chi connectivity index (χ4n) is 0.748. The molecule has 0 atom stereocenters. The van der Waals surface area contributed by atoms with Gasteiger partial charge in [-0.1, -0.05) is 0 Å². The van der Waals surface area contributed by atoms with E-state index < -0.39 is 36.2 Å². The second-order valence-corrected chi connectivity index (χ2v) is 3.04. The molecule has 0 radical (unpaired) electrons. The number of carboxylic acid groups (broad SMARTS) is 1. The summed E-state index contributed by atoms with van der Waals surface area (Å²) in [5, 5.41) is 8.43. The first kappa shape index (κ1) is 14.1. The Bertz CT molecular complexity index is 431. The lowest BCUT2D eigenvalue weighted by Crippen LogP contribution is -2.41. The first-order chi connectivity index (χ1) is 8.13. The standard InChI is InChI=1S/C8H5F5N2O3/c9-7(10,8(11,12)13)3-18-5-2-14-4(1-15-5)6(16)17/h1-2H,3H2,(H,16,17). The SMILES string of the molecule is O=C(O)c1cnc(OCC(F)(F)C(F)(F)F)cn1. The van der Waals surface area contributed by atoms with Crippen LogP contribution in [0.4, 0.5) is 22.0 Å². The highest BCUT2D eigenvalue weighted by Crippen LogP contribution is 2.35. The van der Waals surface area contributed by atoms with Crippen molar-refractivity contribution in [3.05, 3.63) is 18.1 Å². The van der Waals surface area contributed by atoms with Gasteiger partial charge in [-0.05, 0) is 0 Å². The van der Waals surface area contributed by atoms with E-state index in [0.717, 1.165) is 0 Å². The van der Waals surface area contributed by atoms with Gasteiger partial charge in [0.2, 0.25) is 5.88 Å². The van der Waals surface area contributed by atoms with Crippen molar-refractivity contribution < 1.29 is 36.6 Å². The molecule has 0 aromatic carbocycles. The summed E-state index contributed by atoms with van der Waals surface area (Å²) in [6.07, 6.45) is -4.43. The van der Waals surface area contributed by atoms with E-state index in [-0.39, 0.29) is 0 Å². The van der Waals surface area contributed by atoms with Crippen LogP contribution in [0.1, 0.15) is 10.5 Å². The number of carboxylic acids is 1. The molecule has 1 aromatic heterocycles. The number of nitrogens with zero attached hydrogens (tertiary/aromatic N) is 2. The predicted molar refractivity (Wildman–Crippen MR) is 45.5 cm³/mol. The summed E-state index contributed by atoms with van der Waals surface area (Å²) in [5.74, 6) is -7.08. The van der Waals surface area contributed by atoms with Gasteiger partial charge >= 0.3 is 18.1 Å². The minimum absolute atomic E-state index is 0.495. The maximum absolute atomic E-state index is 12.4. The van der Waals surface area contributed by atoms with Crippen molar-refractivity contribution in [3.8, 4) is 5.88 Å². The average Bonchev–Trinajstić information content (AvgIpc) is 2.25. The van der Waals surface area contributed by atoms with Gasteiger partial charge in [-0.3, -0.25) is 0 Å². The third kappa shape index (κ3) is 3.25. The number of aromatic nitrogens is 2. The Morgan fingerprint density at radius 3 is 2.22 bits per heavy atom. The van der Waals surface area contributed by atoms with Gasteiger partial charge in [0.05, 0.1) is 12.4 Å². The summed E-state index contributed by atoms with van der Waals surface area (Å²) in [6, 6.07) is 0. The van der Waals surface area contributed by atoms with Crippen LogP contribution in [0.2, 0.25) is 0 Å². The molecule has 0 bridgehead atoms. The lowest BCUT2D eigenvalue weighted by Gasteiger charge is -2.19. The third-order valence-electron chi connectivity index (χ3n) is 1.66. The Balaban J connectivity index is 2.67. The quantitative estimate of drug-likeness (QED) is 0.845. The Labute approximate surface area is 96.2 Å². The lowest BCUT2D eigenvalue weighted by atomic mass is 10.3. The third-order valence-corrected chi connectivity index (χ3v) is 1.66. The van der Waals surface area contributed by atoms with E-state index in [1.54, 1.807) is 0 Å². The number of rotatable bonds is 4. The second-order valence-electron chi connectivity index (χ2n) is 3.04. The molecule has 0 saturated heterocycles. The largest absolute Gasteiger partial charge is 0.476 e. The van der Waals surface area contributed by atoms with Crippen molar-refractivity contribution in [2.75, 3.05) is 6.61 Å². The molecule has 0 aliphatic carbocycles. The summed E-state index contributed by atoms with van der Waals surface area (Å²) in [4.78, 5) is 16.8. The van der Waals surface area contributed by atoms with Crippen LogP contribution in [0.3, 0.4) is 0 Å². The first-order valence-electron chi connectivity index (χ1n) is 4.26. The Hall–Kier alpha value is -2.00. The predicted octanol–water partition coefficient (Wildman–Crippen LogP) is 1.75. The van der Waals surface area contributed by atoms with E-state index >= 15 is 0 Å². The van der Waals surface area contributed by atoms with E-state index in [4.69, 9.17) is 5.11 Å². The van der Waals surface area contributed by atoms with Gasteiger partial charge in [-0.2, -0.15) is 22.0 Å². The van der Waals surface area contributed by atoms with Crippen LogP contribution in [0.5, 0.6) is 5.88 Å². The minimum Gasteiger partial charge on any atom is -0.476 e. The molecule has 1 N–H and O–H groups in total. The van der Waals surface area contributed by atoms with E-state index in [1.807, 2.05) is 0 Å². The van der Waals surface area contributed by atoms with Crippen molar-refractivity contribution in [2.24, 2.45) is 0 Å². The molecule has 100 valence electrons. The zero-order valence-electron chi connectivity index (χ0n) is 8.41. The molecular weight excluding hydrogens is 267 g/mol. The van der Waals surface area contributed by atoms with Gasteiger partial charge < -0.3 is 9.84 Å². The number of alkyl halides is 5.